The van der Waals surface area contributed by atoms with Gasteiger partial charge in [0.15, 0.2) is 0 Å². The molecule has 3 aromatic carbocycles. The molecule has 1 aliphatic carbocycles. The first-order valence-corrected chi connectivity index (χ1v) is 11.8. The Kier molecular flexibility index (Phi) is 5.98. The largest absolute Gasteiger partial charge is 0.463 e. The molecule has 5 heteroatoms. The van der Waals surface area contributed by atoms with Gasteiger partial charge in [-0.2, -0.15) is 0 Å². The monoisotopic (exact) mass is 455 g/mol. The third-order valence-electron chi connectivity index (χ3n) is 6.68. The predicted octanol–water partition coefficient (Wildman–Crippen LogP) is 4.45. The van der Waals surface area contributed by atoms with Crippen molar-refractivity contribution in [2.75, 3.05) is 37.8 Å². The summed E-state index contributed by atoms with van der Waals surface area (Å²) in [5, 5.41) is 12.5. The average molecular weight is 456 g/mol. The Morgan fingerprint density at radius 1 is 1.03 bits per heavy atom. The Hall–Kier alpha value is -3.41. The third kappa shape index (κ3) is 3.61. The Balaban J connectivity index is 1.83. The molecule has 0 bridgehead atoms. The maximum absolute atomic E-state index is 13.5. The maximum Gasteiger partial charge on any atom is 0.338 e. The van der Waals surface area contributed by atoms with Crippen molar-refractivity contribution in [3.63, 3.8) is 0 Å². The minimum Gasteiger partial charge on any atom is -0.463 e. The molecule has 5 rings (SSSR count). The lowest BCUT2D eigenvalue weighted by Gasteiger charge is -2.32. The number of ether oxygens (including phenoxy) is 2. The number of morpholine rings is 1. The van der Waals surface area contributed by atoms with Gasteiger partial charge < -0.3 is 19.5 Å². The smallest absolute Gasteiger partial charge is 0.338 e. The molecule has 34 heavy (non-hydrogen) atoms. The molecule has 1 atom stereocenters. The number of hydrogen-bond acceptors (Lipinski definition) is 5. The zero-order valence-corrected chi connectivity index (χ0v) is 19.6. The van der Waals surface area contributed by atoms with Crippen LogP contribution in [-0.2, 0) is 19.9 Å². The third-order valence-corrected chi connectivity index (χ3v) is 6.68. The highest BCUT2D eigenvalue weighted by Gasteiger charge is 2.50. The molecule has 2 aliphatic rings. The first-order chi connectivity index (χ1) is 16.6. The number of carbonyl (C=O) groups excluding carboxylic acids is 1. The van der Waals surface area contributed by atoms with Gasteiger partial charge in [0.25, 0.3) is 0 Å². The van der Waals surface area contributed by atoms with E-state index in [-0.39, 0.29) is 12.2 Å². The molecule has 1 aliphatic heterocycles. The van der Waals surface area contributed by atoms with E-state index in [1.54, 1.807) is 6.92 Å². The number of aryl methyl sites for hydroxylation is 1. The highest BCUT2D eigenvalue weighted by atomic mass is 16.5. The van der Waals surface area contributed by atoms with Crippen LogP contribution < -0.4 is 4.90 Å². The van der Waals surface area contributed by atoms with Crippen LogP contribution in [0.25, 0.3) is 5.57 Å². The summed E-state index contributed by atoms with van der Waals surface area (Å²) in [6.45, 7) is 6.96. The van der Waals surface area contributed by atoms with Gasteiger partial charge >= 0.3 is 5.97 Å². The van der Waals surface area contributed by atoms with Crippen LogP contribution in [0, 0.1) is 6.92 Å². The van der Waals surface area contributed by atoms with Gasteiger partial charge in [0.2, 0.25) is 0 Å². The molecular formula is C29H29NO4. The van der Waals surface area contributed by atoms with Gasteiger partial charge in [-0.05, 0) is 48.2 Å². The van der Waals surface area contributed by atoms with Crippen molar-refractivity contribution in [3.8, 4) is 0 Å². The molecular weight excluding hydrogens is 426 g/mol. The zero-order valence-electron chi connectivity index (χ0n) is 19.6. The van der Waals surface area contributed by atoms with E-state index in [1.807, 2.05) is 73.7 Å². The van der Waals surface area contributed by atoms with Gasteiger partial charge in [-0.15, -0.1) is 0 Å². The topological polar surface area (TPSA) is 59.0 Å². The van der Waals surface area contributed by atoms with Crippen LogP contribution in [0.5, 0.6) is 0 Å². The molecule has 1 heterocycles. The molecule has 174 valence electrons. The standard InChI is InChI=1S/C29H29NO4/c1-3-34-28(31)27-26(21-10-6-4-7-11-21)25-20(2)18-23(30-14-16-33-17-15-30)19-24(25)29(27,32)22-12-8-5-9-13-22/h4-13,18-19,32H,3,14-17H2,1-2H3. The van der Waals surface area contributed by atoms with Gasteiger partial charge in [-0.3, -0.25) is 0 Å². The fourth-order valence-corrected chi connectivity index (χ4v) is 5.16. The first kappa shape index (κ1) is 22.4. The van der Waals surface area contributed by atoms with E-state index < -0.39 is 11.6 Å². The maximum atomic E-state index is 13.5. The van der Waals surface area contributed by atoms with Crippen LogP contribution in [0.1, 0.15) is 34.7 Å². The van der Waals surface area contributed by atoms with Gasteiger partial charge in [0.05, 0.1) is 25.4 Å². The van der Waals surface area contributed by atoms with Crippen LogP contribution in [0.4, 0.5) is 5.69 Å². The van der Waals surface area contributed by atoms with Crippen molar-refractivity contribution in [1.82, 2.24) is 0 Å². The second-order valence-corrected chi connectivity index (χ2v) is 8.70. The number of rotatable bonds is 5. The number of carbonyl (C=O) groups is 1. The average Bonchev–Trinajstić information content (AvgIpc) is 3.16. The van der Waals surface area contributed by atoms with Crippen molar-refractivity contribution >= 4 is 17.2 Å². The Morgan fingerprint density at radius 2 is 1.68 bits per heavy atom. The van der Waals surface area contributed by atoms with Crippen LogP contribution in [0.2, 0.25) is 0 Å². The summed E-state index contributed by atoms with van der Waals surface area (Å²) < 4.78 is 11.1. The van der Waals surface area contributed by atoms with Crippen LogP contribution in [-0.4, -0.2) is 44.0 Å². The summed E-state index contributed by atoms with van der Waals surface area (Å²) in [7, 11) is 0. The predicted molar refractivity (Wildman–Crippen MR) is 133 cm³/mol. The summed E-state index contributed by atoms with van der Waals surface area (Å²) in [4.78, 5) is 15.8. The molecule has 5 nitrogen and oxygen atoms in total. The Labute approximate surface area is 200 Å². The molecule has 0 spiro atoms. The highest BCUT2D eigenvalue weighted by molar-refractivity contribution is 6.09. The molecule has 1 fully saturated rings. The zero-order chi connectivity index (χ0) is 23.7. The van der Waals surface area contributed by atoms with E-state index >= 15 is 0 Å². The van der Waals surface area contributed by atoms with Crippen molar-refractivity contribution < 1.29 is 19.4 Å². The summed E-state index contributed by atoms with van der Waals surface area (Å²) in [6.07, 6.45) is 0. The number of nitrogens with zero attached hydrogens (tertiary/aromatic N) is 1. The Bertz CT molecular complexity index is 1230. The summed E-state index contributed by atoms with van der Waals surface area (Å²) in [5.41, 5.74) is 4.50. The normalized spacial score (nSPS) is 19.8. The molecule has 0 aromatic heterocycles. The van der Waals surface area contributed by atoms with E-state index in [4.69, 9.17) is 9.47 Å². The molecule has 0 saturated carbocycles. The minimum absolute atomic E-state index is 0.226. The number of esters is 1. The molecule has 1 N–H and O–H groups in total. The Morgan fingerprint density at radius 3 is 2.32 bits per heavy atom. The minimum atomic E-state index is -1.64. The molecule has 0 radical (unpaired) electrons. The summed E-state index contributed by atoms with van der Waals surface area (Å²) >= 11 is 0. The SMILES string of the molecule is CCOC(=O)C1=C(c2ccccc2)c2c(C)cc(N3CCOCC3)cc2C1(O)c1ccccc1. The van der Waals surface area contributed by atoms with Crippen LogP contribution in [0.3, 0.4) is 0 Å². The van der Waals surface area contributed by atoms with Crippen molar-refractivity contribution in [1.29, 1.82) is 0 Å². The number of benzene rings is 3. The van der Waals surface area contributed by atoms with E-state index in [1.165, 1.54) is 0 Å². The lowest BCUT2D eigenvalue weighted by atomic mass is 9.82. The highest BCUT2D eigenvalue weighted by Crippen LogP contribution is 2.53. The van der Waals surface area contributed by atoms with Gasteiger partial charge in [0, 0.05) is 29.9 Å². The number of aliphatic hydroxyl groups is 1. The van der Waals surface area contributed by atoms with Crippen molar-refractivity contribution in [2.45, 2.75) is 19.4 Å². The van der Waals surface area contributed by atoms with E-state index in [9.17, 15) is 9.90 Å². The molecule has 1 saturated heterocycles. The molecule has 0 amide bonds. The van der Waals surface area contributed by atoms with E-state index in [2.05, 4.69) is 11.0 Å². The van der Waals surface area contributed by atoms with Gasteiger partial charge in [0.1, 0.15) is 5.60 Å². The van der Waals surface area contributed by atoms with Gasteiger partial charge in [-0.1, -0.05) is 60.7 Å². The van der Waals surface area contributed by atoms with Gasteiger partial charge in [-0.25, -0.2) is 4.79 Å². The quantitative estimate of drug-likeness (QED) is 0.576. The molecule has 3 aromatic rings. The number of fused-ring (bicyclic) bond motifs is 1. The summed E-state index contributed by atoms with van der Waals surface area (Å²) in [5.74, 6) is -0.503. The number of hydrogen-bond donors (Lipinski definition) is 1. The van der Waals surface area contributed by atoms with Crippen molar-refractivity contribution in [2.24, 2.45) is 0 Å². The van der Waals surface area contributed by atoms with E-state index in [0.29, 0.717) is 24.3 Å². The summed E-state index contributed by atoms with van der Waals surface area (Å²) in [6, 6.07) is 23.4. The first-order valence-electron chi connectivity index (χ1n) is 11.8. The molecule has 1 unspecified atom stereocenters. The number of anilines is 1. The van der Waals surface area contributed by atoms with E-state index in [0.717, 1.165) is 41.0 Å². The fourth-order valence-electron chi connectivity index (χ4n) is 5.16. The van der Waals surface area contributed by atoms with Crippen LogP contribution >= 0.6 is 0 Å². The second-order valence-electron chi connectivity index (χ2n) is 8.70. The lowest BCUT2D eigenvalue weighted by molar-refractivity contribution is -0.140. The lowest BCUT2D eigenvalue weighted by Crippen LogP contribution is -2.37. The van der Waals surface area contributed by atoms with Crippen LogP contribution in [0.15, 0.2) is 78.4 Å². The van der Waals surface area contributed by atoms with Crippen molar-refractivity contribution in [3.05, 3.63) is 106 Å². The fraction of sp³-hybridized carbons (Fsp3) is 0.276. The second kappa shape index (κ2) is 9.09.